The maximum Gasteiger partial charge on any atom is 0.139 e. The summed E-state index contributed by atoms with van der Waals surface area (Å²) < 4.78 is 18.9. The molecule has 1 N–H and O–H groups in total. The first-order chi connectivity index (χ1) is 6.20. The van der Waals surface area contributed by atoms with Crippen LogP contribution in [0.25, 0.3) is 0 Å². The van der Waals surface area contributed by atoms with Crippen LogP contribution < -0.4 is 4.74 Å². The molecule has 0 radical (unpaired) electrons. The van der Waals surface area contributed by atoms with E-state index in [-0.39, 0.29) is 18.8 Å². The van der Waals surface area contributed by atoms with Crippen LogP contribution in [-0.4, -0.2) is 18.8 Å². The van der Waals surface area contributed by atoms with Gasteiger partial charge in [0, 0.05) is 18.6 Å². The van der Waals surface area contributed by atoms with Crippen LogP contribution >= 0.6 is 15.9 Å². The number of benzene rings is 1. The molecule has 72 valence electrons. The lowest BCUT2D eigenvalue weighted by molar-refractivity contribution is 0.294. The second kappa shape index (κ2) is 4.58. The molecule has 0 aliphatic rings. The van der Waals surface area contributed by atoms with Crippen molar-refractivity contribution < 1.29 is 14.2 Å². The second-order valence-electron chi connectivity index (χ2n) is 2.51. The number of hydrogen-bond acceptors (Lipinski definition) is 2. The molecular formula is C9H10BrFO2. The SMILES string of the molecule is COc1c(Br)ccc(F)c1CCO. The second-order valence-corrected chi connectivity index (χ2v) is 3.37. The van der Waals surface area contributed by atoms with Crippen LogP contribution in [0.3, 0.4) is 0 Å². The van der Waals surface area contributed by atoms with Crippen LogP contribution in [0.4, 0.5) is 4.39 Å². The Bertz CT molecular complexity index is 302. The third-order valence-electron chi connectivity index (χ3n) is 1.72. The summed E-state index contributed by atoms with van der Waals surface area (Å²) >= 11 is 3.24. The van der Waals surface area contributed by atoms with Crippen molar-refractivity contribution in [2.24, 2.45) is 0 Å². The van der Waals surface area contributed by atoms with Gasteiger partial charge in [0.1, 0.15) is 11.6 Å². The molecule has 2 nitrogen and oxygen atoms in total. The molecule has 0 aromatic heterocycles. The number of aliphatic hydroxyl groups is 1. The maximum atomic E-state index is 13.2. The van der Waals surface area contributed by atoms with Crippen LogP contribution in [0.2, 0.25) is 0 Å². The topological polar surface area (TPSA) is 29.5 Å². The van der Waals surface area contributed by atoms with Crippen LogP contribution in [0.15, 0.2) is 16.6 Å². The van der Waals surface area contributed by atoms with Crippen molar-refractivity contribution in [3.05, 3.63) is 28.0 Å². The van der Waals surface area contributed by atoms with E-state index in [9.17, 15) is 4.39 Å². The molecule has 0 aliphatic carbocycles. The van der Waals surface area contributed by atoms with E-state index in [4.69, 9.17) is 9.84 Å². The fraction of sp³-hybridized carbons (Fsp3) is 0.333. The Labute approximate surface area is 84.5 Å². The maximum absolute atomic E-state index is 13.2. The first-order valence-corrected chi connectivity index (χ1v) is 4.61. The van der Waals surface area contributed by atoms with Gasteiger partial charge in [-0.05, 0) is 28.1 Å². The Morgan fingerprint density at radius 1 is 1.54 bits per heavy atom. The monoisotopic (exact) mass is 248 g/mol. The fourth-order valence-electron chi connectivity index (χ4n) is 1.14. The Morgan fingerprint density at radius 2 is 2.23 bits per heavy atom. The van der Waals surface area contributed by atoms with E-state index in [0.717, 1.165) is 0 Å². The van der Waals surface area contributed by atoms with Crippen LogP contribution in [0.1, 0.15) is 5.56 Å². The Balaban J connectivity index is 3.18. The highest BCUT2D eigenvalue weighted by molar-refractivity contribution is 9.10. The molecule has 0 bridgehead atoms. The van der Waals surface area contributed by atoms with E-state index in [1.54, 1.807) is 6.07 Å². The zero-order valence-electron chi connectivity index (χ0n) is 7.18. The molecule has 4 heteroatoms. The van der Waals surface area contributed by atoms with Gasteiger partial charge in [-0.15, -0.1) is 0 Å². The van der Waals surface area contributed by atoms with Gasteiger partial charge >= 0.3 is 0 Å². The minimum Gasteiger partial charge on any atom is -0.495 e. The number of halogens is 2. The van der Waals surface area contributed by atoms with E-state index in [2.05, 4.69) is 15.9 Å². The van der Waals surface area contributed by atoms with Crippen molar-refractivity contribution in [2.45, 2.75) is 6.42 Å². The molecule has 1 rings (SSSR count). The van der Waals surface area contributed by atoms with Gasteiger partial charge < -0.3 is 9.84 Å². The third-order valence-corrected chi connectivity index (χ3v) is 2.35. The molecule has 0 saturated heterocycles. The highest BCUT2D eigenvalue weighted by Crippen LogP contribution is 2.30. The summed E-state index contributed by atoms with van der Waals surface area (Å²) in [5.74, 6) is 0.100. The summed E-state index contributed by atoms with van der Waals surface area (Å²) in [6.07, 6.45) is 0.258. The Kier molecular flexibility index (Phi) is 3.69. The average Bonchev–Trinajstić information content (AvgIpc) is 2.12. The van der Waals surface area contributed by atoms with E-state index in [1.165, 1.54) is 13.2 Å². The normalized spacial score (nSPS) is 10.2. The molecule has 0 aliphatic heterocycles. The Morgan fingerprint density at radius 3 is 2.77 bits per heavy atom. The summed E-state index contributed by atoms with van der Waals surface area (Å²) in [6, 6.07) is 2.92. The summed E-state index contributed by atoms with van der Waals surface area (Å²) in [5, 5.41) is 8.72. The van der Waals surface area contributed by atoms with Gasteiger partial charge in [-0.2, -0.15) is 0 Å². The van der Waals surface area contributed by atoms with Gasteiger partial charge in [0.15, 0.2) is 0 Å². The lowest BCUT2D eigenvalue weighted by atomic mass is 10.1. The van der Waals surface area contributed by atoms with Crippen molar-refractivity contribution in [2.75, 3.05) is 13.7 Å². The molecule has 0 saturated carbocycles. The number of ether oxygens (including phenoxy) is 1. The fourth-order valence-corrected chi connectivity index (χ4v) is 1.67. The predicted octanol–water partition coefficient (Wildman–Crippen LogP) is 2.13. The Hall–Kier alpha value is -0.610. The zero-order valence-corrected chi connectivity index (χ0v) is 8.77. The number of aliphatic hydroxyl groups excluding tert-OH is 1. The summed E-state index contributed by atoms with van der Waals surface area (Å²) in [7, 11) is 1.47. The average molecular weight is 249 g/mol. The molecule has 0 amide bonds. The first kappa shape index (κ1) is 10.5. The molecular weight excluding hydrogens is 239 g/mol. The highest BCUT2D eigenvalue weighted by atomic mass is 79.9. The molecule has 0 atom stereocenters. The van der Waals surface area contributed by atoms with E-state index < -0.39 is 0 Å². The molecule has 0 unspecified atom stereocenters. The van der Waals surface area contributed by atoms with Crippen molar-refractivity contribution in [3.8, 4) is 5.75 Å². The van der Waals surface area contributed by atoms with Gasteiger partial charge in [0.25, 0.3) is 0 Å². The summed E-state index contributed by atoms with van der Waals surface area (Å²) in [5.41, 5.74) is 0.402. The molecule has 13 heavy (non-hydrogen) atoms. The van der Waals surface area contributed by atoms with Crippen molar-refractivity contribution in [1.82, 2.24) is 0 Å². The predicted molar refractivity (Wildman–Crippen MR) is 51.4 cm³/mol. The number of hydrogen-bond donors (Lipinski definition) is 1. The van der Waals surface area contributed by atoms with Crippen molar-refractivity contribution in [1.29, 1.82) is 0 Å². The van der Waals surface area contributed by atoms with Gasteiger partial charge in [0.05, 0.1) is 11.6 Å². The smallest absolute Gasteiger partial charge is 0.139 e. The standard InChI is InChI=1S/C9H10BrFO2/c1-13-9-6(4-5-12)8(11)3-2-7(9)10/h2-3,12H,4-5H2,1H3. The minimum absolute atomic E-state index is 0.0935. The lowest BCUT2D eigenvalue weighted by Crippen LogP contribution is -1.99. The quantitative estimate of drug-likeness (QED) is 0.889. The van der Waals surface area contributed by atoms with Gasteiger partial charge in [-0.3, -0.25) is 0 Å². The molecule has 1 aromatic carbocycles. The van der Waals surface area contributed by atoms with Gasteiger partial charge in [0.2, 0.25) is 0 Å². The minimum atomic E-state index is -0.353. The summed E-state index contributed by atoms with van der Waals surface area (Å²) in [6.45, 7) is -0.0935. The number of methoxy groups -OCH3 is 1. The molecule has 0 fully saturated rings. The van der Waals surface area contributed by atoms with E-state index >= 15 is 0 Å². The van der Waals surface area contributed by atoms with Crippen molar-refractivity contribution >= 4 is 15.9 Å². The van der Waals surface area contributed by atoms with Gasteiger partial charge in [-0.1, -0.05) is 0 Å². The molecule has 1 aromatic rings. The molecule has 0 spiro atoms. The zero-order chi connectivity index (χ0) is 9.84. The van der Waals surface area contributed by atoms with Crippen LogP contribution in [0.5, 0.6) is 5.75 Å². The van der Waals surface area contributed by atoms with E-state index in [1.807, 2.05) is 0 Å². The summed E-state index contributed by atoms with van der Waals surface area (Å²) in [4.78, 5) is 0. The lowest BCUT2D eigenvalue weighted by Gasteiger charge is -2.09. The largest absolute Gasteiger partial charge is 0.495 e. The number of rotatable bonds is 3. The van der Waals surface area contributed by atoms with E-state index in [0.29, 0.717) is 15.8 Å². The first-order valence-electron chi connectivity index (χ1n) is 3.82. The molecule has 0 heterocycles. The van der Waals surface area contributed by atoms with Crippen LogP contribution in [0, 0.1) is 5.82 Å². The van der Waals surface area contributed by atoms with Gasteiger partial charge in [-0.25, -0.2) is 4.39 Å². The van der Waals surface area contributed by atoms with Crippen LogP contribution in [-0.2, 0) is 6.42 Å². The highest BCUT2D eigenvalue weighted by Gasteiger charge is 2.11. The third kappa shape index (κ3) is 2.19. The van der Waals surface area contributed by atoms with Crippen molar-refractivity contribution in [3.63, 3.8) is 0 Å².